The normalized spacial score (nSPS) is 18.5. The van der Waals surface area contributed by atoms with E-state index < -0.39 is 0 Å². The summed E-state index contributed by atoms with van der Waals surface area (Å²) in [6.07, 6.45) is 3.00. The fourth-order valence-corrected chi connectivity index (χ4v) is 5.81. The molecule has 0 unspecified atom stereocenters. The summed E-state index contributed by atoms with van der Waals surface area (Å²) in [7, 11) is 0. The SMILES string of the molecule is C[C@@H]1CCN(C(=O)CSc2nnc(-c3ccccc3F)n2C2CC2)c2ccccc2S1. The highest BCUT2D eigenvalue weighted by atomic mass is 32.2. The molecule has 8 heteroatoms. The van der Waals surface area contributed by atoms with Crippen molar-refractivity contribution in [2.24, 2.45) is 0 Å². The molecule has 1 fully saturated rings. The highest BCUT2D eigenvalue weighted by Crippen LogP contribution is 2.42. The van der Waals surface area contributed by atoms with Crippen LogP contribution < -0.4 is 4.90 Å². The number of carbonyl (C=O) groups is 1. The Hall–Kier alpha value is -2.32. The molecule has 2 heterocycles. The number of halogens is 1. The zero-order chi connectivity index (χ0) is 21.4. The molecule has 1 atom stereocenters. The first-order valence-corrected chi connectivity index (χ1v) is 12.4. The Morgan fingerprint density at radius 3 is 2.71 bits per heavy atom. The Labute approximate surface area is 189 Å². The van der Waals surface area contributed by atoms with E-state index in [2.05, 4.69) is 23.2 Å². The third kappa shape index (κ3) is 4.23. The first kappa shape index (κ1) is 20.6. The lowest BCUT2D eigenvalue weighted by Gasteiger charge is -2.22. The molecule has 1 aromatic heterocycles. The minimum atomic E-state index is -0.308. The van der Waals surface area contributed by atoms with E-state index in [4.69, 9.17) is 0 Å². The van der Waals surface area contributed by atoms with Gasteiger partial charge in [0.05, 0.1) is 17.0 Å². The quantitative estimate of drug-likeness (QED) is 0.481. The van der Waals surface area contributed by atoms with Crippen molar-refractivity contribution in [3.63, 3.8) is 0 Å². The molecule has 3 aromatic rings. The van der Waals surface area contributed by atoms with Gasteiger partial charge in [-0.15, -0.1) is 22.0 Å². The van der Waals surface area contributed by atoms with Gasteiger partial charge in [0, 0.05) is 22.7 Å². The summed E-state index contributed by atoms with van der Waals surface area (Å²) in [5.74, 6) is 0.568. The summed E-state index contributed by atoms with van der Waals surface area (Å²) in [5.41, 5.74) is 1.44. The minimum Gasteiger partial charge on any atom is -0.311 e. The maximum Gasteiger partial charge on any atom is 0.237 e. The highest BCUT2D eigenvalue weighted by Gasteiger charge is 2.32. The van der Waals surface area contributed by atoms with Crippen LogP contribution in [0.1, 0.15) is 32.2 Å². The van der Waals surface area contributed by atoms with Crippen LogP contribution in [0.5, 0.6) is 0 Å². The third-order valence-electron chi connectivity index (χ3n) is 5.56. The number of hydrogen-bond donors (Lipinski definition) is 0. The predicted octanol–water partition coefficient (Wildman–Crippen LogP) is 5.43. The van der Waals surface area contributed by atoms with Crippen LogP contribution in [0.15, 0.2) is 58.6 Å². The minimum absolute atomic E-state index is 0.0601. The number of anilines is 1. The predicted molar refractivity (Wildman–Crippen MR) is 123 cm³/mol. The number of hydrogen-bond acceptors (Lipinski definition) is 5. The molecule has 160 valence electrons. The zero-order valence-corrected chi connectivity index (χ0v) is 18.8. The molecule has 1 saturated carbocycles. The largest absolute Gasteiger partial charge is 0.311 e. The van der Waals surface area contributed by atoms with Gasteiger partial charge in [-0.25, -0.2) is 4.39 Å². The molecule has 1 aliphatic heterocycles. The summed E-state index contributed by atoms with van der Waals surface area (Å²) in [5, 5.41) is 9.75. The van der Waals surface area contributed by atoms with E-state index in [1.54, 1.807) is 18.2 Å². The fourth-order valence-electron chi connectivity index (χ4n) is 3.81. The highest BCUT2D eigenvalue weighted by molar-refractivity contribution is 8.00. The van der Waals surface area contributed by atoms with Gasteiger partial charge in [-0.1, -0.05) is 43.0 Å². The third-order valence-corrected chi connectivity index (χ3v) is 7.73. The van der Waals surface area contributed by atoms with Gasteiger partial charge in [-0.05, 0) is 43.5 Å². The van der Waals surface area contributed by atoms with Crippen LogP contribution in [-0.2, 0) is 4.79 Å². The molecule has 0 N–H and O–H groups in total. The molecule has 1 amide bonds. The summed E-state index contributed by atoms with van der Waals surface area (Å²) >= 11 is 3.21. The van der Waals surface area contributed by atoms with E-state index in [1.807, 2.05) is 39.4 Å². The maximum absolute atomic E-state index is 14.4. The van der Waals surface area contributed by atoms with Crippen molar-refractivity contribution in [2.45, 2.75) is 47.5 Å². The van der Waals surface area contributed by atoms with Gasteiger partial charge in [0.2, 0.25) is 5.91 Å². The average Bonchev–Trinajstić information content (AvgIpc) is 3.55. The van der Waals surface area contributed by atoms with Crippen LogP contribution in [0.2, 0.25) is 0 Å². The summed E-state index contributed by atoms with van der Waals surface area (Å²) in [4.78, 5) is 16.2. The van der Waals surface area contributed by atoms with Crippen LogP contribution in [0.3, 0.4) is 0 Å². The van der Waals surface area contributed by atoms with Crippen molar-refractivity contribution in [1.82, 2.24) is 14.8 Å². The second-order valence-electron chi connectivity index (χ2n) is 7.91. The Kier molecular flexibility index (Phi) is 5.75. The van der Waals surface area contributed by atoms with Crippen molar-refractivity contribution in [2.75, 3.05) is 17.2 Å². The molecule has 0 saturated heterocycles. The second kappa shape index (κ2) is 8.67. The number of nitrogens with zero attached hydrogens (tertiary/aromatic N) is 4. The molecule has 31 heavy (non-hydrogen) atoms. The first-order valence-electron chi connectivity index (χ1n) is 10.5. The van der Waals surface area contributed by atoms with Gasteiger partial charge in [0.1, 0.15) is 5.82 Å². The Morgan fingerprint density at radius 1 is 1.13 bits per heavy atom. The molecule has 5 rings (SSSR count). The van der Waals surface area contributed by atoms with E-state index in [9.17, 15) is 9.18 Å². The second-order valence-corrected chi connectivity index (χ2v) is 10.3. The fraction of sp³-hybridized carbons (Fsp3) is 0.348. The lowest BCUT2D eigenvalue weighted by atomic mass is 10.2. The van der Waals surface area contributed by atoms with Gasteiger partial charge in [0.25, 0.3) is 0 Å². The van der Waals surface area contributed by atoms with Gasteiger partial charge in [0.15, 0.2) is 11.0 Å². The molecular weight excluding hydrogens is 431 g/mol. The topological polar surface area (TPSA) is 51.0 Å². The number of thioether (sulfide) groups is 2. The lowest BCUT2D eigenvalue weighted by Crippen LogP contribution is -2.33. The Bertz CT molecular complexity index is 1110. The average molecular weight is 455 g/mol. The van der Waals surface area contributed by atoms with Crippen molar-refractivity contribution >= 4 is 35.1 Å². The smallest absolute Gasteiger partial charge is 0.237 e. The van der Waals surface area contributed by atoms with Crippen LogP contribution in [0.4, 0.5) is 10.1 Å². The molecule has 0 spiro atoms. The van der Waals surface area contributed by atoms with Crippen LogP contribution in [0, 0.1) is 5.82 Å². The molecular formula is C23H23FN4OS2. The van der Waals surface area contributed by atoms with E-state index in [0.717, 1.165) is 29.8 Å². The molecule has 0 radical (unpaired) electrons. The molecule has 1 aliphatic carbocycles. The van der Waals surface area contributed by atoms with Crippen LogP contribution in [-0.4, -0.2) is 38.2 Å². The van der Waals surface area contributed by atoms with Gasteiger partial charge < -0.3 is 4.90 Å². The maximum atomic E-state index is 14.4. The number of aromatic nitrogens is 3. The molecule has 0 bridgehead atoms. The number of para-hydroxylation sites is 1. The zero-order valence-electron chi connectivity index (χ0n) is 17.2. The molecule has 2 aliphatic rings. The summed E-state index contributed by atoms with van der Waals surface area (Å²) in [6, 6.07) is 15.0. The van der Waals surface area contributed by atoms with Crippen molar-refractivity contribution in [3.05, 3.63) is 54.3 Å². The van der Waals surface area contributed by atoms with E-state index in [-0.39, 0.29) is 23.5 Å². The summed E-state index contributed by atoms with van der Waals surface area (Å²) in [6.45, 7) is 2.91. The lowest BCUT2D eigenvalue weighted by molar-refractivity contribution is -0.116. The van der Waals surface area contributed by atoms with Crippen LogP contribution in [0.25, 0.3) is 11.4 Å². The number of fused-ring (bicyclic) bond motifs is 1. The van der Waals surface area contributed by atoms with Gasteiger partial charge >= 0.3 is 0 Å². The monoisotopic (exact) mass is 454 g/mol. The van der Waals surface area contributed by atoms with Gasteiger partial charge in [-0.2, -0.15) is 0 Å². The van der Waals surface area contributed by atoms with Crippen molar-refractivity contribution in [3.8, 4) is 11.4 Å². The van der Waals surface area contributed by atoms with Crippen molar-refractivity contribution < 1.29 is 9.18 Å². The summed E-state index contributed by atoms with van der Waals surface area (Å²) < 4.78 is 16.4. The van der Waals surface area contributed by atoms with E-state index in [1.165, 1.54) is 17.8 Å². The van der Waals surface area contributed by atoms with E-state index >= 15 is 0 Å². The number of benzene rings is 2. The number of amides is 1. The van der Waals surface area contributed by atoms with Crippen LogP contribution >= 0.6 is 23.5 Å². The molecule has 2 aromatic carbocycles. The first-order chi connectivity index (χ1) is 15.1. The number of rotatable bonds is 5. The number of carbonyl (C=O) groups excluding carboxylic acids is 1. The van der Waals surface area contributed by atoms with E-state index in [0.29, 0.717) is 28.3 Å². The Balaban J connectivity index is 1.37. The Morgan fingerprint density at radius 2 is 1.90 bits per heavy atom. The standard InChI is InChI=1S/C23H23FN4OS2/c1-15-12-13-27(19-8-4-5-9-20(19)31-15)21(29)14-30-23-26-25-22(28(23)16-10-11-16)17-6-2-3-7-18(17)24/h2-9,15-16H,10-14H2,1H3/t15-/m1/s1. The van der Waals surface area contributed by atoms with Crippen molar-refractivity contribution in [1.29, 1.82) is 0 Å². The van der Waals surface area contributed by atoms with Gasteiger partial charge in [-0.3, -0.25) is 9.36 Å². The molecule has 5 nitrogen and oxygen atoms in total.